The third kappa shape index (κ3) is 18.6. The molecule has 1 N–H and O–H groups in total. The van der Waals surface area contributed by atoms with E-state index in [0.29, 0.717) is 6.04 Å². The molecule has 0 aliphatic rings. The van der Waals surface area contributed by atoms with E-state index in [1.807, 2.05) is 65.9 Å². The molecule has 0 aliphatic carbocycles. The van der Waals surface area contributed by atoms with E-state index in [9.17, 15) is 4.79 Å². The predicted molar refractivity (Wildman–Crippen MR) is 167 cm³/mol. The SMILES string of the molecule is C=C(/C=C(\C)CN(CCC)C(C)CC)/C(Br)=C\CNC.CC.CC.Cc1ccc(C(=O)N(C)C)cc1. The van der Waals surface area contributed by atoms with Crippen LogP contribution in [-0.2, 0) is 0 Å². The van der Waals surface area contributed by atoms with Crippen LogP contribution in [0.1, 0.15) is 84.2 Å². The molecule has 0 radical (unpaired) electrons. The van der Waals surface area contributed by atoms with Crippen molar-refractivity contribution < 1.29 is 4.79 Å². The summed E-state index contributed by atoms with van der Waals surface area (Å²) in [5.41, 5.74) is 4.31. The summed E-state index contributed by atoms with van der Waals surface area (Å²) in [5, 5.41) is 3.10. The molecular formula is C31H56BrN3O. The van der Waals surface area contributed by atoms with Crippen molar-refractivity contribution in [3.05, 3.63) is 69.8 Å². The lowest BCUT2D eigenvalue weighted by molar-refractivity contribution is 0.0827. The lowest BCUT2D eigenvalue weighted by atomic mass is 10.1. The van der Waals surface area contributed by atoms with E-state index in [1.54, 1.807) is 19.0 Å². The van der Waals surface area contributed by atoms with Crippen molar-refractivity contribution in [1.82, 2.24) is 15.1 Å². The van der Waals surface area contributed by atoms with E-state index in [2.05, 4.69) is 72.6 Å². The summed E-state index contributed by atoms with van der Waals surface area (Å²) >= 11 is 3.58. The molecule has 1 aromatic rings. The Balaban J connectivity index is -0.000000576. The van der Waals surface area contributed by atoms with Crippen LogP contribution in [-0.4, -0.2) is 62.5 Å². The van der Waals surface area contributed by atoms with E-state index in [4.69, 9.17) is 0 Å². The van der Waals surface area contributed by atoms with E-state index in [0.717, 1.165) is 35.3 Å². The summed E-state index contributed by atoms with van der Waals surface area (Å²) in [4.78, 5) is 15.5. The fourth-order valence-electron chi connectivity index (χ4n) is 3.01. The van der Waals surface area contributed by atoms with Gasteiger partial charge in [-0.1, -0.05) is 99.5 Å². The molecule has 0 saturated heterocycles. The van der Waals surface area contributed by atoms with Gasteiger partial charge in [0.05, 0.1) is 0 Å². The average Bonchev–Trinajstić information content (AvgIpc) is 2.89. The first-order valence-electron chi connectivity index (χ1n) is 13.5. The van der Waals surface area contributed by atoms with Gasteiger partial charge in [-0.25, -0.2) is 0 Å². The van der Waals surface area contributed by atoms with E-state index in [1.165, 1.54) is 24.0 Å². The number of hydrogen-bond acceptors (Lipinski definition) is 3. The minimum absolute atomic E-state index is 0.0509. The molecule has 0 aromatic heterocycles. The number of rotatable bonds is 11. The van der Waals surface area contributed by atoms with Crippen molar-refractivity contribution in [1.29, 1.82) is 0 Å². The summed E-state index contributed by atoms with van der Waals surface area (Å²) in [5.74, 6) is 0.0509. The maximum atomic E-state index is 11.4. The first-order chi connectivity index (χ1) is 17.1. The lowest BCUT2D eigenvalue weighted by Gasteiger charge is -2.28. The topological polar surface area (TPSA) is 35.6 Å². The normalized spacial score (nSPS) is 11.7. The van der Waals surface area contributed by atoms with Crippen LogP contribution in [0.25, 0.3) is 0 Å². The number of allylic oxidation sites excluding steroid dienone is 3. The second kappa shape index (κ2) is 25.0. The molecule has 1 aromatic carbocycles. The monoisotopic (exact) mass is 565 g/mol. The molecule has 0 bridgehead atoms. The molecule has 36 heavy (non-hydrogen) atoms. The second-order valence-electron chi connectivity index (χ2n) is 8.42. The van der Waals surface area contributed by atoms with E-state index < -0.39 is 0 Å². The quantitative estimate of drug-likeness (QED) is 0.274. The fraction of sp³-hybridized carbons (Fsp3) is 0.581. The average molecular weight is 567 g/mol. The molecule has 0 spiro atoms. The van der Waals surface area contributed by atoms with Gasteiger partial charge in [0.1, 0.15) is 0 Å². The maximum Gasteiger partial charge on any atom is 0.253 e. The molecule has 1 unspecified atom stereocenters. The van der Waals surface area contributed by atoms with Crippen LogP contribution in [0, 0.1) is 6.92 Å². The molecule has 1 amide bonds. The number of carbonyl (C=O) groups is 1. The highest BCUT2D eigenvalue weighted by Gasteiger charge is 2.11. The van der Waals surface area contributed by atoms with Crippen molar-refractivity contribution in [2.24, 2.45) is 0 Å². The Morgan fingerprint density at radius 2 is 1.64 bits per heavy atom. The van der Waals surface area contributed by atoms with Gasteiger partial charge in [-0.05, 0) is 64.9 Å². The minimum Gasteiger partial charge on any atom is -0.345 e. The summed E-state index contributed by atoms with van der Waals surface area (Å²) in [6.07, 6.45) is 6.68. The van der Waals surface area contributed by atoms with Gasteiger partial charge in [-0.3, -0.25) is 9.69 Å². The zero-order valence-electron chi connectivity index (χ0n) is 25.5. The highest BCUT2D eigenvalue weighted by molar-refractivity contribution is 9.12. The molecular weight excluding hydrogens is 510 g/mol. The summed E-state index contributed by atoms with van der Waals surface area (Å²) < 4.78 is 1.07. The number of nitrogens with one attached hydrogen (secondary N) is 1. The van der Waals surface area contributed by atoms with Crippen LogP contribution in [0.5, 0.6) is 0 Å². The van der Waals surface area contributed by atoms with Crippen LogP contribution in [0.4, 0.5) is 0 Å². The van der Waals surface area contributed by atoms with E-state index in [-0.39, 0.29) is 5.91 Å². The number of carbonyl (C=O) groups excluding carboxylic acids is 1. The third-order valence-corrected chi connectivity index (χ3v) is 5.93. The van der Waals surface area contributed by atoms with Gasteiger partial charge in [0, 0.05) is 43.3 Å². The zero-order valence-corrected chi connectivity index (χ0v) is 27.1. The third-order valence-electron chi connectivity index (χ3n) is 5.09. The maximum absolute atomic E-state index is 11.4. The van der Waals surface area contributed by atoms with Gasteiger partial charge in [-0.2, -0.15) is 0 Å². The van der Waals surface area contributed by atoms with Crippen LogP contribution >= 0.6 is 15.9 Å². The molecule has 208 valence electrons. The molecule has 1 atom stereocenters. The Morgan fingerprint density at radius 3 is 2.06 bits per heavy atom. The smallest absolute Gasteiger partial charge is 0.253 e. The van der Waals surface area contributed by atoms with Crippen LogP contribution in [0.2, 0.25) is 0 Å². The van der Waals surface area contributed by atoms with Gasteiger partial charge in [0.15, 0.2) is 0 Å². The van der Waals surface area contributed by atoms with Crippen molar-refractivity contribution >= 4 is 21.8 Å². The Hall–Kier alpha value is -1.69. The summed E-state index contributed by atoms with van der Waals surface area (Å²) in [6.45, 7) is 26.1. The van der Waals surface area contributed by atoms with Crippen molar-refractivity contribution in [2.75, 3.05) is 40.8 Å². The van der Waals surface area contributed by atoms with Crippen LogP contribution < -0.4 is 5.32 Å². The molecule has 1 rings (SSSR count). The van der Waals surface area contributed by atoms with Crippen molar-refractivity contribution in [3.8, 4) is 0 Å². The first kappa shape index (κ1) is 38.8. The standard InChI is InChI=1S/C17H31BrN2.C10H13NO.2C2H6/c1-7-11-20(16(5)8-2)13-14(3)12-15(4)17(18)9-10-19-6;1-8-4-6-9(7-5-8)10(12)11(2)3;2*1-2/h9,12,16,19H,4,7-8,10-11,13H2,1-3,5-6H3;4-7H,1-3H3;2*1-2H3/b14-12+,17-9+;;;. The lowest BCUT2D eigenvalue weighted by Crippen LogP contribution is -2.34. The number of likely N-dealkylation sites (N-methyl/N-ethyl adjacent to an activating group) is 1. The van der Waals surface area contributed by atoms with Crippen LogP contribution in [0.15, 0.2) is 58.6 Å². The molecule has 0 fully saturated rings. The Labute approximate surface area is 233 Å². The number of halogens is 1. The Morgan fingerprint density at radius 1 is 1.11 bits per heavy atom. The summed E-state index contributed by atoms with van der Waals surface area (Å²) in [6, 6.07) is 8.21. The van der Waals surface area contributed by atoms with Gasteiger partial charge < -0.3 is 10.2 Å². The minimum atomic E-state index is 0.0509. The Kier molecular flexibility index (Phi) is 26.9. The predicted octanol–water partition coefficient (Wildman–Crippen LogP) is 8.25. The molecule has 0 saturated carbocycles. The highest BCUT2D eigenvalue weighted by Crippen LogP contribution is 2.18. The molecule has 5 heteroatoms. The molecule has 4 nitrogen and oxygen atoms in total. The fourth-order valence-corrected chi connectivity index (χ4v) is 3.29. The van der Waals surface area contributed by atoms with E-state index >= 15 is 0 Å². The van der Waals surface area contributed by atoms with Crippen molar-refractivity contribution in [2.45, 2.75) is 81.2 Å². The molecule has 0 heterocycles. The molecule has 0 aliphatic heterocycles. The Bertz CT molecular complexity index is 752. The van der Waals surface area contributed by atoms with Gasteiger partial charge in [-0.15, -0.1) is 0 Å². The highest BCUT2D eigenvalue weighted by atomic mass is 79.9. The summed E-state index contributed by atoms with van der Waals surface area (Å²) in [7, 11) is 5.44. The number of hydrogen-bond donors (Lipinski definition) is 1. The van der Waals surface area contributed by atoms with Gasteiger partial charge >= 0.3 is 0 Å². The van der Waals surface area contributed by atoms with Crippen molar-refractivity contribution in [3.63, 3.8) is 0 Å². The van der Waals surface area contributed by atoms with Crippen LogP contribution in [0.3, 0.4) is 0 Å². The number of amides is 1. The largest absolute Gasteiger partial charge is 0.345 e. The first-order valence-corrected chi connectivity index (χ1v) is 14.3. The number of aryl methyl sites for hydroxylation is 1. The second-order valence-corrected chi connectivity index (χ2v) is 9.27. The number of benzene rings is 1. The number of nitrogens with zero attached hydrogens (tertiary/aromatic N) is 2. The zero-order chi connectivity index (χ0) is 28.7. The van der Waals surface area contributed by atoms with Gasteiger partial charge in [0.2, 0.25) is 0 Å². The van der Waals surface area contributed by atoms with Gasteiger partial charge in [0.25, 0.3) is 5.91 Å².